The molecule has 0 saturated carbocycles. The highest BCUT2D eigenvalue weighted by atomic mass is 32.2. The smallest absolute Gasteiger partial charge is 0.150 e. The average molecular weight is 270 g/mol. The summed E-state index contributed by atoms with van der Waals surface area (Å²) in [6, 6.07) is 7.67. The first-order chi connectivity index (χ1) is 8.50. The predicted molar refractivity (Wildman–Crippen MR) is 77.7 cm³/mol. The molecule has 18 heavy (non-hydrogen) atoms. The van der Waals surface area contributed by atoms with E-state index in [1.165, 1.54) is 0 Å². The van der Waals surface area contributed by atoms with Gasteiger partial charge in [0.1, 0.15) is 9.84 Å². The van der Waals surface area contributed by atoms with Gasteiger partial charge in [-0.2, -0.15) is 0 Å². The van der Waals surface area contributed by atoms with Gasteiger partial charge in [-0.05, 0) is 25.5 Å². The Morgan fingerprint density at radius 2 is 1.89 bits per heavy atom. The van der Waals surface area contributed by atoms with E-state index in [9.17, 15) is 8.42 Å². The number of anilines is 2. The van der Waals surface area contributed by atoms with Crippen LogP contribution >= 0.6 is 0 Å². The molecule has 102 valence electrons. The second-order valence-corrected chi connectivity index (χ2v) is 6.70. The minimum atomic E-state index is -2.87. The van der Waals surface area contributed by atoms with Crippen molar-refractivity contribution in [2.75, 3.05) is 35.2 Å². The van der Waals surface area contributed by atoms with Crippen LogP contribution in [-0.2, 0) is 9.84 Å². The molecule has 1 aromatic rings. The molecule has 0 atom stereocenters. The molecule has 0 radical (unpaired) electrons. The van der Waals surface area contributed by atoms with Gasteiger partial charge in [-0.3, -0.25) is 0 Å². The van der Waals surface area contributed by atoms with Gasteiger partial charge in [-0.25, -0.2) is 8.42 Å². The number of benzene rings is 1. The number of nitrogens with two attached hydrogens (primary N) is 1. The van der Waals surface area contributed by atoms with Crippen molar-refractivity contribution in [1.82, 2.24) is 0 Å². The fourth-order valence-electron chi connectivity index (χ4n) is 1.84. The third-order valence-electron chi connectivity index (χ3n) is 2.98. The molecule has 0 bridgehead atoms. The van der Waals surface area contributed by atoms with Crippen LogP contribution in [0.25, 0.3) is 0 Å². The Morgan fingerprint density at radius 3 is 2.44 bits per heavy atom. The molecule has 0 aromatic heterocycles. The zero-order valence-electron chi connectivity index (χ0n) is 11.1. The largest absolute Gasteiger partial charge is 0.397 e. The van der Waals surface area contributed by atoms with Gasteiger partial charge < -0.3 is 10.6 Å². The van der Waals surface area contributed by atoms with E-state index in [4.69, 9.17) is 5.73 Å². The fourth-order valence-corrected chi connectivity index (χ4v) is 2.70. The molecule has 0 fully saturated rings. The van der Waals surface area contributed by atoms with Crippen LogP contribution in [-0.4, -0.2) is 33.0 Å². The van der Waals surface area contributed by atoms with E-state index >= 15 is 0 Å². The van der Waals surface area contributed by atoms with E-state index in [2.05, 4.69) is 4.90 Å². The number of sulfone groups is 1. The van der Waals surface area contributed by atoms with Gasteiger partial charge in [0.15, 0.2) is 0 Å². The lowest BCUT2D eigenvalue weighted by atomic mass is 10.2. The number of rotatable bonds is 7. The first-order valence-electron chi connectivity index (χ1n) is 6.30. The summed E-state index contributed by atoms with van der Waals surface area (Å²) in [7, 11) is -2.87. The maximum absolute atomic E-state index is 11.4. The third-order valence-corrected chi connectivity index (χ3v) is 4.77. The van der Waals surface area contributed by atoms with E-state index in [0.29, 0.717) is 13.0 Å². The van der Waals surface area contributed by atoms with Crippen molar-refractivity contribution in [3.8, 4) is 0 Å². The molecular weight excluding hydrogens is 248 g/mol. The molecule has 0 spiro atoms. The molecule has 0 saturated heterocycles. The average Bonchev–Trinajstić information content (AvgIpc) is 2.36. The molecular formula is C13H22N2O2S. The summed E-state index contributed by atoms with van der Waals surface area (Å²) in [4.78, 5) is 2.11. The number of hydrogen-bond donors (Lipinski definition) is 1. The standard InChI is InChI=1S/C13H22N2O2S/c1-3-15(10-7-11-18(16,17)4-2)13-9-6-5-8-12(13)14/h5-6,8-9H,3-4,7,10-11,14H2,1-2H3. The first-order valence-corrected chi connectivity index (χ1v) is 8.12. The van der Waals surface area contributed by atoms with Crippen molar-refractivity contribution in [3.63, 3.8) is 0 Å². The quantitative estimate of drug-likeness (QED) is 0.769. The van der Waals surface area contributed by atoms with Gasteiger partial charge in [0, 0.05) is 18.8 Å². The molecule has 0 heterocycles. The molecule has 1 aromatic carbocycles. The van der Waals surface area contributed by atoms with Crippen molar-refractivity contribution in [2.24, 2.45) is 0 Å². The van der Waals surface area contributed by atoms with E-state index in [0.717, 1.165) is 17.9 Å². The van der Waals surface area contributed by atoms with Gasteiger partial charge in [-0.1, -0.05) is 19.1 Å². The molecule has 4 nitrogen and oxygen atoms in total. The van der Waals surface area contributed by atoms with Crippen LogP contribution in [0.2, 0.25) is 0 Å². The highest BCUT2D eigenvalue weighted by molar-refractivity contribution is 7.91. The SMILES string of the molecule is CCN(CCCS(=O)(=O)CC)c1ccccc1N. The number of nitrogens with zero attached hydrogens (tertiary/aromatic N) is 1. The van der Waals surface area contributed by atoms with Gasteiger partial charge in [0.05, 0.1) is 17.1 Å². The highest BCUT2D eigenvalue weighted by Crippen LogP contribution is 2.22. The molecule has 5 heteroatoms. The summed E-state index contributed by atoms with van der Waals surface area (Å²) in [5.74, 6) is 0.458. The molecule has 0 unspecified atom stereocenters. The molecule has 1 rings (SSSR count). The van der Waals surface area contributed by atoms with Crippen molar-refractivity contribution in [3.05, 3.63) is 24.3 Å². The Balaban J connectivity index is 2.61. The van der Waals surface area contributed by atoms with Crippen molar-refractivity contribution in [2.45, 2.75) is 20.3 Å². The topological polar surface area (TPSA) is 63.4 Å². The zero-order chi connectivity index (χ0) is 13.6. The highest BCUT2D eigenvalue weighted by Gasteiger charge is 2.10. The lowest BCUT2D eigenvalue weighted by Crippen LogP contribution is -2.26. The Bertz CT molecular complexity index is 472. The van der Waals surface area contributed by atoms with Crippen LogP contribution < -0.4 is 10.6 Å². The summed E-state index contributed by atoms with van der Waals surface area (Å²) < 4.78 is 22.9. The van der Waals surface area contributed by atoms with Crippen LogP contribution in [0.5, 0.6) is 0 Å². The van der Waals surface area contributed by atoms with E-state index in [1.807, 2.05) is 31.2 Å². The molecule has 0 amide bonds. The van der Waals surface area contributed by atoms with E-state index in [1.54, 1.807) is 6.92 Å². The Kier molecular flexibility index (Phi) is 5.47. The van der Waals surface area contributed by atoms with E-state index in [-0.39, 0.29) is 11.5 Å². The van der Waals surface area contributed by atoms with Gasteiger partial charge >= 0.3 is 0 Å². The zero-order valence-corrected chi connectivity index (χ0v) is 11.9. The normalized spacial score (nSPS) is 11.4. The number of hydrogen-bond acceptors (Lipinski definition) is 4. The van der Waals surface area contributed by atoms with Crippen molar-refractivity contribution in [1.29, 1.82) is 0 Å². The Hall–Kier alpha value is -1.23. The minimum absolute atomic E-state index is 0.215. The summed E-state index contributed by atoms with van der Waals surface area (Å²) in [6.45, 7) is 5.26. The number of nitrogen functional groups attached to an aromatic ring is 1. The maximum Gasteiger partial charge on any atom is 0.150 e. The summed E-state index contributed by atoms with van der Waals surface area (Å²) in [5, 5.41) is 0. The molecule has 0 aliphatic heterocycles. The Labute approximate surface area is 110 Å². The second-order valence-electron chi connectivity index (χ2n) is 4.23. The molecule has 0 aliphatic rings. The van der Waals surface area contributed by atoms with Crippen LogP contribution in [0, 0.1) is 0 Å². The predicted octanol–water partition coefficient (Wildman–Crippen LogP) is 1.92. The fraction of sp³-hybridized carbons (Fsp3) is 0.538. The lowest BCUT2D eigenvalue weighted by Gasteiger charge is -2.24. The summed E-state index contributed by atoms with van der Waals surface area (Å²) >= 11 is 0. The number of para-hydroxylation sites is 2. The summed E-state index contributed by atoms with van der Waals surface area (Å²) in [6.07, 6.45) is 0.637. The van der Waals surface area contributed by atoms with Crippen LogP contribution in [0.1, 0.15) is 20.3 Å². The maximum atomic E-state index is 11.4. The first kappa shape index (κ1) is 14.8. The van der Waals surface area contributed by atoms with Gasteiger partial charge in [0.25, 0.3) is 0 Å². The van der Waals surface area contributed by atoms with Gasteiger partial charge in [-0.15, -0.1) is 0 Å². The molecule has 2 N–H and O–H groups in total. The molecule has 0 aliphatic carbocycles. The monoisotopic (exact) mass is 270 g/mol. The second kappa shape index (κ2) is 6.64. The van der Waals surface area contributed by atoms with Crippen LogP contribution in [0.15, 0.2) is 24.3 Å². The third kappa shape index (κ3) is 4.22. The van der Waals surface area contributed by atoms with Crippen molar-refractivity contribution < 1.29 is 8.42 Å². The summed E-state index contributed by atoms with van der Waals surface area (Å²) in [5.41, 5.74) is 7.64. The minimum Gasteiger partial charge on any atom is -0.397 e. The lowest BCUT2D eigenvalue weighted by molar-refractivity contribution is 0.594. The van der Waals surface area contributed by atoms with Gasteiger partial charge in [0.2, 0.25) is 0 Å². The van der Waals surface area contributed by atoms with Crippen LogP contribution in [0.4, 0.5) is 11.4 Å². The Morgan fingerprint density at radius 1 is 1.22 bits per heavy atom. The van der Waals surface area contributed by atoms with Crippen LogP contribution in [0.3, 0.4) is 0 Å². The van der Waals surface area contributed by atoms with Crippen molar-refractivity contribution >= 4 is 21.2 Å². The van der Waals surface area contributed by atoms with E-state index < -0.39 is 9.84 Å².